The Morgan fingerprint density at radius 3 is 1.87 bits per heavy atom. The second-order valence-electron chi connectivity index (χ2n) is 2.47. The summed E-state index contributed by atoms with van der Waals surface area (Å²) in [5, 5.41) is 55.1. The summed E-state index contributed by atoms with van der Waals surface area (Å²) < 4.78 is 0. The Kier molecular flexibility index (Phi) is 12.1. The molecule has 0 amide bonds. The number of aliphatic carboxylic acids is 1. The molecule has 0 spiro atoms. The van der Waals surface area contributed by atoms with Crippen LogP contribution in [0.25, 0.3) is 0 Å². The van der Waals surface area contributed by atoms with Crippen LogP contribution in [0.3, 0.4) is 0 Å². The topological polar surface area (TPSA) is 176 Å². The molecule has 92 valence electrons. The molecule has 0 aliphatic rings. The van der Waals surface area contributed by atoms with Crippen molar-refractivity contribution in [3.05, 3.63) is 0 Å². The summed E-state index contributed by atoms with van der Waals surface area (Å²) in [6, 6.07) is 0. The minimum atomic E-state index is -2.35. The van der Waals surface area contributed by atoms with Gasteiger partial charge in [0, 0.05) is 6.61 Å². The van der Waals surface area contributed by atoms with Gasteiger partial charge >= 0.3 is 17.1 Å². The summed E-state index contributed by atoms with van der Waals surface area (Å²) in [6.45, 7) is -0.974. The first-order valence-corrected chi connectivity index (χ1v) is 3.43. The number of hydrogen-bond acceptors (Lipinski definition) is 7. The second kappa shape index (κ2) is 9.01. The molecule has 0 aliphatic heterocycles. The van der Waals surface area contributed by atoms with Gasteiger partial charge < -0.3 is 40.9 Å². The van der Waals surface area contributed by atoms with Crippen LogP contribution in [0.15, 0.2) is 0 Å². The summed E-state index contributed by atoms with van der Waals surface area (Å²) >= 11 is 0. The molecule has 0 fully saturated rings. The molecule has 8 nitrogen and oxygen atoms in total. The first-order chi connectivity index (χ1) is 5.91. The van der Waals surface area contributed by atoms with Gasteiger partial charge in [-0.1, -0.05) is 6.10 Å². The maximum atomic E-state index is 10.6. The van der Waals surface area contributed by atoms with E-state index in [1.807, 2.05) is 0 Å². The SMILES string of the molecule is O.O=C([O-])C(O)C(O)C(O)C([O-])CO.[Fe+2]. The number of carbonyl (C=O) groups excluding carboxylic acids is 1. The van der Waals surface area contributed by atoms with Crippen molar-refractivity contribution in [2.75, 3.05) is 6.61 Å². The van der Waals surface area contributed by atoms with Crippen molar-refractivity contribution in [1.29, 1.82) is 0 Å². The smallest absolute Gasteiger partial charge is 0.848 e. The van der Waals surface area contributed by atoms with Gasteiger partial charge in [-0.3, -0.25) is 0 Å². The molecule has 0 saturated heterocycles. The molecule has 15 heavy (non-hydrogen) atoms. The van der Waals surface area contributed by atoms with E-state index in [1.165, 1.54) is 0 Å². The van der Waals surface area contributed by atoms with Gasteiger partial charge in [0.15, 0.2) is 0 Å². The van der Waals surface area contributed by atoms with E-state index in [0.717, 1.165) is 0 Å². The Morgan fingerprint density at radius 1 is 1.20 bits per heavy atom. The molecule has 0 rings (SSSR count). The van der Waals surface area contributed by atoms with E-state index < -0.39 is 37.0 Å². The van der Waals surface area contributed by atoms with Crippen molar-refractivity contribution in [1.82, 2.24) is 0 Å². The molecule has 9 heteroatoms. The molecule has 6 N–H and O–H groups in total. The minimum absolute atomic E-state index is 0. The van der Waals surface area contributed by atoms with Crippen LogP contribution in [0.1, 0.15) is 0 Å². The van der Waals surface area contributed by atoms with E-state index in [9.17, 15) is 15.0 Å². The molecule has 0 radical (unpaired) electrons. The molecular weight excluding hydrogens is 256 g/mol. The molecule has 0 aromatic carbocycles. The first-order valence-electron chi connectivity index (χ1n) is 3.43. The third kappa shape index (κ3) is 6.02. The van der Waals surface area contributed by atoms with E-state index >= 15 is 0 Å². The van der Waals surface area contributed by atoms with E-state index in [1.54, 1.807) is 0 Å². The average Bonchev–Trinajstić information content (AvgIpc) is 2.12. The van der Waals surface area contributed by atoms with Crippen molar-refractivity contribution < 1.29 is 58.0 Å². The molecule has 4 unspecified atom stereocenters. The van der Waals surface area contributed by atoms with E-state index in [0.29, 0.717) is 0 Å². The van der Waals surface area contributed by atoms with Gasteiger partial charge in [0.05, 0.1) is 12.1 Å². The number of carbonyl (C=O) groups is 1. The quantitative estimate of drug-likeness (QED) is 0.358. The zero-order valence-electron chi connectivity index (χ0n) is 7.38. The third-order valence-electron chi connectivity index (χ3n) is 1.48. The standard InChI is InChI=1S/C6H11O7.Fe.H2O/c7-1-2(8)3(9)4(10)5(11)6(12)13;;/h2-5,7,9-11H,1H2,(H,12,13);;1H2/q-1;+2;/p-1. The normalized spacial score (nSPS) is 17.7. The number of rotatable bonds is 5. The van der Waals surface area contributed by atoms with Crippen molar-refractivity contribution in [2.45, 2.75) is 24.4 Å². The number of carboxylic acid groups (broad SMARTS) is 1. The Labute approximate surface area is 95.6 Å². The fraction of sp³-hybridized carbons (Fsp3) is 0.833. The van der Waals surface area contributed by atoms with E-state index in [4.69, 9.17) is 20.4 Å². The molecule has 0 aliphatic carbocycles. The number of carboxylic acids is 1. The van der Waals surface area contributed by atoms with Crippen molar-refractivity contribution in [3.63, 3.8) is 0 Å². The number of aliphatic hydroxyl groups excluding tert-OH is 4. The summed E-state index contributed by atoms with van der Waals surface area (Å²) in [6.07, 6.45) is -8.54. The van der Waals surface area contributed by atoms with Crippen LogP contribution in [-0.4, -0.2) is 62.9 Å². The van der Waals surface area contributed by atoms with Crippen LogP contribution >= 0.6 is 0 Å². The summed E-state index contributed by atoms with van der Waals surface area (Å²) in [4.78, 5) is 9.96. The summed E-state index contributed by atoms with van der Waals surface area (Å²) in [5.41, 5.74) is 0. The molecule has 0 heterocycles. The largest absolute Gasteiger partial charge is 2.00 e. The Bertz CT molecular complexity index is 177. The fourth-order valence-electron chi connectivity index (χ4n) is 0.654. The monoisotopic (exact) mass is 268 g/mol. The maximum Gasteiger partial charge on any atom is 2.00 e. The zero-order valence-corrected chi connectivity index (χ0v) is 8.49. The third-order valence-corrected chi connectivity index (χ3v) is 1.48. The van der Waals surface area contributed by atoms with Crippen LogP contribution in [0.4, 0.5) is 0 Å². The summed E-state index contributed by atoms with van der Waals surface area (Å²) in [7, 11) is 0. The van der Waals surface area contributed by atoms with Crippen molar-refractivity contribution >= 4 is 5.97 Å². The van der Waals surface area contributed by atoms with Gasteiger partial charge in [0.1, 0.15) is 12.2 Å². The predicted octanol–water partition coefficient (Wildman–Crippen LogP) is -6.29. The van der Waals surface area contributed by atoms with Gasteiger partial charge in [-0.05, 0) is 0 Å². The molecule has 0 saturated carbocycles. The Morgan fingerprint density at radius 2 is 1.60 bits per heavy atom. The molecule has 0 aromatic heterocycles. The van der Waals surface area contributed by atoms with E-state index in [2.05, 4.69) is 0 Å². The van der Waals surface area contributed by atoms with Crippen LogP contribution in [0.2, 0.25) is 0 Å². The van der Waals surface area contributed by atoms with Crippen LogP contribution in [-0.2, 0) is 21.9 Å². The molecule has 0 bridgehead atoms. The molecular formula is C6H12FeO8. The Balaban J connectivity index is -0.000000720. The maximum absolute atomic E-state index is 10.6. The Hall–Kier alpha value is -0.251. The average molecular weight is 268 g/mol. The van der Waals surface area contributed by atoms with Crippen LogP contribution in [0.5, 0.6) is 0 Å². The zero-order chi connectivity index (χ0) is 10.6. The van der Waals surface area contributed by atoms with Gasteiger partial charge in [0.25, 0.3) is 0 Å². The summed E-state index contributed by atoms with van der Waals surface area (Å²) in [5.74, 6) is -2.00. The molecule has 0 aromatic rings. The number of hydrogen-bond donors (Lipinski definition) is 4. The van der Waals surface area contributed by atoms with Crippen LogP contribution < -0.4 is 10.2 Å². The first kappa shape index (κ1) is 20.2. The molecule has 4 atom stereocenters. The van der Waals surface area contributed by atoms with Gasteiger partial charge in [0.2, 0.25) is 0 Å². The fourth-order valence-corrected chi connectivity index (χ4v) is 0.654. The van der Waals surface area contributed by atoms with Crippen molar-refractivity contribution in [3.8, 4) is 0 Å². The van der Waals surface area contributed by atoms with Gasteiger partial charge in [-0.25, -0.2) is 0 Å². The van der Waals surface area contributed by atoms with E-state index in [-0.39, 0.29) is 22.5 Å². The second-order valence-corrected chi connectivity index (χ2v) is 2.47. The predicted molar refractivity (Wildman–Crippen MR) is 37.5 cm³/mol. The van der Waals surface area contributed by atoms with Crippen LogP contribution in [0, 0.1) is 0 Å². The minimum Gasteiger partial charge on any atom is -0.848 e. The van der Waals surface area contributed by atoms with Gasteiger partial charge in [-0.2, -0.15) is 0 Å². The number of aliphatic hydroxyl groups is 4. The van der Waals surface area contributed by atoms with Gasteiger partial charge in [-0.15, -0.1) is 0 Å². The van der Waals surface area contributed by atoms with Crippen molar-refractivity contribution in [2.24, 2.45) is 0 Å².